The number of rotatable bonds is 4. The third kappa shape index (κ3) is 4.19. The van der Waals surface area contributed by atoms with E-state index in [9.17, 15) is 0 Å². The van der Waals surface area contributed by atoms with Crippen molar-refractivity contribution in [3.05, 3.63) is 176 Å². The van der Waals surface area contributed by atoms with Gasteiger partial charge >= 0.3 is 0 Å². The van der Waals surface area contributed by atoms with Crippen molar-refractivity contribution in [3.8, 4) is 39.5 Å². The van der Waals surface area contributed by atoms with Crippen molar-refractivity contribution in [2.45, 2.75) is 0 Å². The van der Waals surface area contributed by atoms with Crippen molar-refractivity contribution in [1.82, 2.24) is 14.5 Å². The summed E-state index contributed by atoms with van der Waals surface area (Å²) in [6.45, 7) is 0. The molecule has 4 nitrogen and oxygen atoms in total. The minimum absolute atomic E-state index is 0.704. The molecule has 54 heavy (non-hydrogen) atoms. The molecule has 0 saturated carbocycles. The highest BCUT2D eigenvalue weighted by Gasteiger charge is 2.21. The molecule has 0 N–H and O–H groups in total. The van der Waals surface area contributed by atoms with E-state index < -0.39 is 0 Å². The lowest BCUT2D eigenvalue weighted by atomic mass is 9.94. The molecule has 0 aliphatic heterocycles. The second-order valence-electron chi connectivity index (χ2n) is 14.1. The van der Waals surface area contributed by atoms with Gasteiger partial charge in [0.2, 0.25) is 0 Å². The predicted octanol–water partition coefficient (Wildman–Crippen LogP) is 13.4. The highest BCUT2D eigenvalue weighted by atomic mass is 16.3. The molecule has 0 atom stereocenters. The summed E-state index contributed by atoms with van der Waals surface area (Å²) >= 11 is 0. The van der Waals surface area contributed by atoms with E-state index in [2.05, 4.69) is 168 Å². The van der Waals surface area contributed by atoms with E-state index in [1.165, 1.54) is 48.8 Å². The maximum atomic E-state index is 6.61. The summed E-state index contributed by atoms with van der Waals surface area (Å²) in [7, 11) is 0. The summed E-state index contributed by atoms with van der Waals surface area (Å²) in [5.74, 6) is 0.704. The Hall–Kier alpha value is -7.30. The first-order valence-corrected chi connectivity index (χ1v) is 18.3. The second-order valence-corrected chi connectivity index (χ2v) is 14.1. The third-order valence-corrected chi connectivity index (χ3v) is 11.1. The number of aromatic nitrogens is 3. The molecule has 0 saturated heterocycles. The van der Waals surface area contributed by atoms with E-state index in [1.807, 2.05) is 12.1 Å². The molecule has 12 rings (SSSR count). The van der Waals surface area contributed by atoms with Crippen LogP contribution in [0.5, 0.6) is 0 Å². The maximum absolute atomic E-state index is 6.61. The molecule has 4 heteroatoms. The zero-order valence-corrected chi connectivity index (χ0v) is 29.0. The predicted molar refractivity (Wildman–Crippen MR) is 224 cm³/mol. The Kier molecular flexibility index (Phi) is 6.02. The summed E-state index contributed by atoms with van der Waals surface area (Å²) in [4.78, 5) is 10.4. The molecule has 0 unspecified atom stereocenters. The monoisotopic (exact) mass is 687 g/mol. The van der Waals surface area contributed by atoms with Gasteiger partial charge in [-0.1, -0.05) is 127 Å². The van der Waals surface area contributed by atoms with Gasteiger partial charge in [-0.05, 0) is 75.1 Å². The van der Waals surface area contributed by atoms with Crippen LogP contribution in [0.25, 0.3) is 116 Å². The molecule has 0 fully saturated rings. The Morgan fingerprint density at radius 2 is 1.00 bits per heavy atom. The van der Waals surface area contributed by atoms with Crippen LogP contribution >= 0.6 is 0 Å². The molecular formula is C50H29N3O. The van der Waals surface area contributed by atoms with Gasteiger partial charge in [-0.15, -0.1) is 0 Å². The van der Waals surface area contributed by atoms with Crippen LogP contribution in [0.4, 0.5) is 0 Å². The van der Waals surface area contributed by atoms with Gasteiger partial charge in [0.15, 0.2) is 5.82 Å². The van der Waals surface area contributed by atoms with Gasteiger partial charge in [0.05, 0.1) is 27.9 Å². The van der Waals surface area contributed by atoms with Gasteiger partial charge in [0, 0.05) is 44.1 Å². The largest absolute Gasteiger partial charge is 0.456 e. The maximum Gasteiger partial charge on any atom is 0.160 e. The van der Waals surface area contributed by atoms with E-state index in [4.69, 9.17) is 14.4 Å². The molecule has 12 aromatic rings. The Morgan fingerprint density at radius 3 is 1.85 bits per heavy atom. The molecule has 0 aliphatic carbocycles. The molecular weight excluding hydrogens is 659 g/mol. The lowest BCUT2D eigenvalue weighted by molar-refractivity contribution is 0.669. The first-order valence-electron chi connectivity index (χ1n) is 18.3. The van der Waals surface area contributed by atoms with Gasteiger partial charge < -0.3 is 8.98 Å². The van der Waals surface area contributed by atoms with Crippen LogP contribution in [-0.4, -0.2) is 14.5 Å². The molecule has 0 amide bonds. The van der Waals surface area contributed by atoms with Crippen molar-refractivity contribution in [3.63, 3.8) is 0 Å². The fourth-order valence-corrected chi connectivity index (χ4v) is 8.72. The summed E-state index contributed by atoms with van der Waals surface area (Å²) in [6, 6.07) is 62.4. The van der Waals surface area contributed by atoms with Crippen LogP contribution in [0.3, 0.4) is 0 Å². The molecule has 0 spiro atoms. The highest BCUT2D eigenvalue weighted by molar-refractivity contribution is 6.33. The fraction of sp³-hybridized carbons (Fsp3) is 0. The van der Waals surface area contributed by atoms with Gasteiger partial charge in [0.25, 0.3) is 0 Å². The summed E-state index contributed by atoms with van der Waals surface area (Å²) in [5.41, 5.74) is 11.4. The Morgan fingerprint density at radius 1 is 0.370 bits per heavy atom. The number of furan rings is 1. The number of benzene rings is 9. The smallest absolute Gasteiger partial charge is 0.160 e. The third-order valence-electron chi connectivity index (χ3n) is 11.1. The van der Waals surface area contributed by atoms with Crippen LogP contribution in [0.15, 0.2) is 180 Å². The van der Waals surface area contributed by atoms with Gasteiger partial charge in [-0.25, -0.2) is 9.97 Å². The molecule has 3 aromatic heterocycles. The Labute approximate surface area is 309 Å². The van der Waals surface area contributed by atoms with Crippen molar-refractivity contribution < 1.29 is 4.42 Å². The van der Waals surface area contributed by atoms with E-state index in [-0.39, 0.29) is 0 Å². The average Bonchev–Trinajstić information content (AvgIpc) is 3.79. The first kappa shape index (κ1) is 29.3. The van der Waals surface area contributed by atoms with Crippen molar-refractivity contribution in [2.75, 3.05) is 0 Å². The molecule has 9 aromatic carbocycles. The summed E-state index contributed by atoms with van der Waals surface area (Å²) in [5, 5.41) is 10.6. The summed E-state index contributed by atoms with van der Waals surface area (Å²) in [6.07, 6.45) is 0. The number of para-hydroxylation sites is 2. The molecule has 0 aliphatic rings. The normalized spacial score (nSPS) is 12.1. The minimum atomic E-state index is 0.704. The standard InChI is InChI=1S/C50H29N3O/c1-2-11-30(12-3-1)31-21-23-32(24-22-31)49-39-16-6-8-18-42(39)51-50(52-49)33-25-26-44-40(27-33)37-15-7-9-19-43(37)53(44)34-28-41-36-14-5-4-13-35(36)38-17-10-20-45-47(38)48(41)46(29-34)54-45/h1-29H. The van der Waals surface area contributed by atoms with Gasteiger partial charge in [-0.3, -0.25) is 0 Å². The fourth-order valence-electron chi connectivity index (χ4n) is 8.72. The summed E-state index contributed by atoms with van der Waals surface area (Å²) < 4.78 is 8.98. The lowest BCUT2D eigenvalue weighted by Crippen LogP contribution is -1.96. The molecule has 250 valence electrons. The average molecular weight is 688 g/mol. The van der Waals surface area contributed by atoms with Crippen LogP contribution in [0.2, 0.25) is 0 Å². The van der Waals surface area contributed by atoms with Crippen molar-refractivity contribution in [2.24, 2.45) is 0 Å². The zero-order valence-electron chi connectivity index (χ0n) is 29.0. The van der Waals surface area contributed by atoms with E-state index in [0.717, 1.165) is 61.0 Å². The zero-order chi connectivity index (χ0) is 35.3. The van der Waals surface area contributed by atoms with Crippen molar-refractivity contribution >= 4 is 76.2 Å². The van der Waals surface area contributed by atoms with E-state index in [1.54, 1.807) is 0 Å². The van der Waals surface area contributed by atoms with Gasteiger partial charge in [-0.2, -0.15) is 0 Å². The number of fused-ring (bicyclic) bond motifs is 7. The molecule has 0 bridgehead atoms. The quantitative estimate of drug-likeness (QED) is 0.173. The first-order chi connectivity index (χ1) is 26.8. The SMILES string of the molecule is c1ccc(-c2ccc(-c3nc(-c4ccc5c(c4)c4ccccc4n5-c4cc5oc6cccc7c8ccccc8c(c4)c5c67)nc4ccccc34)cc2)cc1. The minimum Gasteiger partial charge on any atom is -0.456 e. The number of hydrogen-bond acceptors (Lipinski definition) is 3. The number of hydrogen-bond donors (Lipinski definition) is 0. The van der Waals surface area contributed by atoms with Crippen LogP contribution in [0, 0.1) is 0 Å². The highest BCUT2D eigenvalue weighted by Crippen LogP contribution is 2.44. The number of nitrogens with zero attached hydrogens (tertiary/aromatic N) is 3. The Balaban J connectivity index is 1.06. The molecule has 3 heterocycles. The van der Waals surface area contributed by atoms with E-state index in [0.29, 0.717) is 5.82 Å². The topological polar surface area (TPSA) is 43.9 Å². The van der Waals surface area contributed by atoms with Crippen LogP contribution in [0.1, 0.15) is 0 Å². The van der Waals surface area contributed by atoms with E-state index >= 15 is 0 Å². The lowest BCUT2D eigenvalue weighted by Gasteiger charge is -2.12. The van der Waals surface area contributed by atoms with Crippen LogP contribution < -0.4 is 0 Å². The van der Waals surface area contributed by atoms with Gasteiger partial charge in [0.1, 0.15) is 11.2 Å². The Bertz CT molecular complexity index is 3430. The second kappa shape index (κ2) is 11.1. The molecule has 0 radical (unpaired) electrons. The van der Waals surface area contributed by atoms with Crippen LogP contribution in [-0.2, 0) is 0 Å². The van der Waals surface area contributed by atoms with Crippen molar-refractivity contribution in [1.29, 1.82) is 0 Å².